The van der Waals surface area contributed by atoms with Crippen LogP contribution in [0.3, 0.4) is 0 Å². The van der Waals surface area contributed by atoms with E-state index in [1.54, 1.807) is 17.0 Å². The largest absolute Gasteiger partial charge is 0.378 e. The Labute approximate surface area is 180 Å². The number of amides is 1. The van der Waals surface area contributed by atoms with Gasteiger partial charge in [0.05, 0.1) is 4.90 Å². The minimum absolute atomic E-state index is 0.0521. The van der Waals surface area contributed by atoms with E-state index in [0.717, 1.165) is 22.4 Å². The van der Waals surface area contributed by atoms with Gasteiger partial charge in [-0.25, -0.2) is 8.42 Å². The van der Waals surface area contributed by atoms with Crippen LogP contribution in [0.15, 0.2) is 47.4 Å². The van der Waals surface area contributed by atoms with Crippen molar-refractivity contribution in [3.8, 4) is 11.1 Å². The Morgan fingerprint density at radius 3 is 2.17 bits per heavy atom. The number of anilines is 1. The molecule has 1 heterocycles. The Morgan fingerprint density at radius 2 is 1.67 bits per heavy atom. The number of nitrogens with zero attached hydrogens (tertiary/aromatic N) is 3. The Bertz CT molecular complexity index is 1010. The zero-order chi connectivity index (χ0) is 22.1. The topological polar surface area (TPSA) is 60.9 Å². The lowest BCUT2D eigenvalue weighted by molar-refractivity contribution is -0.126. The highest BCUT2D eigenvalue weighted by Gasteiger charge is 2.31. The quantitative estimate of drug-likeness (QED) is 0.677. The van der Waals surface area contributed by atoms with Gasteiger partial charge in [0.2, 0.25) is 15.9 Å². The molecule has 1 unspecified atom stereocenters. The highest BCUT2D eigenvalue weighted by atomic mass is 32.2. The molecule has 1 atom stereocenters. The number of likely N-dealkylation sites (tertiary alicyclic amines) is 1. The van der Waals surface area contributed by atoms with Gasteiger partial charge in [-0.1, -0.05) is 32.0 Å². The second-order valence-electron chi connectivity index (χ2n) is 7.95. The van der Waals surface area contributed by atoms with Crippen LogP contribution in [0.1, 0.15) is 31.7 Å². The molecule has 0 saturated carbocycles. The third kappa shape index (κ3) is 4.23. The summed E-state index contributed by atoms with van der Waals surface area (Å²) < 4.78 is 27.7. The fourth-order valence-corrected chi connectivity index (χ4v) is 5.51. The Kier molecular flexibility index (Phi) is 6.53. The minimum Gasteiger partial charge on any atom is -0.378 e. The number of likely N-dealkylation sites (N-methyl/N-ethyl adjacent to an activating group) is 1. The number of rotatable bonds is 7. The predicted molar refractivity (Wildman–Crippen MR) is 121 cm³/mol. The van der Waals surface area contributed by atoms with Crippen molar-refractivity contribution in [2.45, 2.75) is 31.1 Å². The van der Waals surface area contributed by atoms with Crippen LogP contribution in [0.4, 0.5) is 5.69 Å². The van der Waals surface area contributed by atoms with Crippen LogP contribution in [-0.4, -0.2) is 64.3 Å². The van der Waals surface area contributed by atoms with Crippen LogP contribution in [0.5, 0.6) is 0 Å². The van der Waals surface area contributed by atoms with Gasteiger partial charge in [0.25, 0.3) is 0 Å². The van der Waals surface area contributed by atoms with E-state index in [1.165, 1.54) is 4.31 Å². The van der Waals surface area contributed by atoms with Gasteiger partial charge in [-0.2, -0.15) is 4.31 Å². The molecule has 6 nitrogen and oxygen atoms in total. The van der Waals surface area contributed by atoms with Crippen molar-refractivity contribution >= 4 is 21.6 Å². The highest BCUT2D eigenvalue weighted by molar-refractivity contribution is 7.89. The zero-order valence-corrected chi connectivity index (χ0v) is 19.2. The number of carbonyl (C=O) groups excluding carboxylic acids is 1. The molecule has 7 heteroatoms. The van der Waals surface area contributed by atoms with Crippen LogP contribution in [-0.2, 0) is 14.8 Å². The number of carbonyl (C=O) groups is 1. The first-order chi connectivity index (χ1) is 14.2. The molecule has 1 amide bonds. The molecule has 0 bridgehead atoms. The molecular weight excluding hydrogens is 398 g/mol. The number of hydrogen-bond acceptors (Lipinski definition) is 4. The first-order valence-electron chi connectivity index (χ1n) is 10.3. The Hall–Kier alpha value is -2.38. The van der Waals surface area contributed by atoms with Crippen molar-refractivity contribution in [3.05, 3.63) is 48.0 Å². The molecule has 0 spiro atoms. The molecular formula is C23H31N3O3S. The fourth-order valence-electron chi connectivity index (χ4n) is 4.03. The summed E-state index contributed by atoms with van der Waals surface area (Å²) in [4.78, 5) is 16.2. The van der Waals surface area contributed by atoms with Gasteiger partial charge in [-0.05, 0) is 41.0 Å². The van der Waals surface area contributed by atoms with Crippen LogP contribution in [0, 0.1) is 0 Å². The standard InChI is InChI=1S/C23H31N3O3S/c1-6-26(7-2)30(28,29)20-12-13-21(18-14-23(27)25(5)16-18)22(15-20)17-8-10-19(11-9-17)24(3)4/h8-13,15,18H,6-7,14,16H2,1-5H3. The molecule has 2 aromatic rings. The van der Waals surface area contributed by atoms with E-state index < -0.39 is 10.0 Å². The van der Waals surface area contributed by atoms with E-state index in [-0.39, 0.29) is 11.8 Å². The molecule has 162 valence electrons. The molecule has 3 rings (SSSR count). The first kappa shape index (κ1) is 22.3. The summed E-state index contributed by atoms with van der Waals surface area (Å²) in [6.45, 7) is 5.18. The molecule has 1 aliphatic rings. The summed E-state index contributed by atoms with van der Waals surface area (Å²) in [5.41, 5.74) is 3.92. The second-order valence-corrected chi connectivity index (χ2v) is 9.89. The van der Waals surface area contributed by atoms with Gasteiger partial charge in [-0.3, -0.25) is 4.79 Å². The summed E-state index contributed by atoms with van der Waals surface area (Å²) in [7, 11) is 2.21. The smallest absolute Gasteiger partial charge is 0.243 e. The lowest BCUT2D eigenvalue weighted by Gasteiger charge is -2.21. The molecule has 0 radical (unpaired) electrons. The molecule has 1 aliphatic heterocycles. The van der Waals surface area contributed by atoms with Crippen molar-refractivity contribution in [3.63, 3.8) is 0 Å². The maximum atomic E-state index is 13.1. The number of hydrogen-bond donors (Lipinski definition) is 0. The van der Waals surface area contributed by atoms with Gasteiger partial charge >= 0.3 is 0 Å². The normalized spacial score (nSPS) is 17.1. The average Bonchev–Trinajstić information content (AvgIpc) is 3.06. The van der Waals surface area contributed by atoms with E-state index >= 15 is 0 Å². The van der Waals surface area contributed by atoms with Crippen molar-refractivity contribution in [2.24, 2.45) is 0 Å². The lowest BCUT2D eigenvalue weighted by Crippen LogP contribution is -2.30. The maximum absolute atomic E-state index is 13.1. The summed E-state index contributed by atoms with van der Waals surface area (Å²) in [5, 5.41) is 0. The molecule has 30 heavy (non-hydrogen) atoms. The van der Waals surface area contributed by atoms with E-state index in [1.807, 2.05) is 70.2 Å². The summed E-state index contributed by atoms with van der Waals surface area (Å²) in [5.74, 6) is 0.171. The van der Waals surface area contributed by atoms with Gasteiger partial charge < -0.3 is 9.80 Å². The second kappa shape index (κ2) is 8.78. The van der Waals surface area contributed by atoms with Crippen LogP contribution in [0.2, 0.25) is 0 Å². The minimum atomic E-state index is -3.57. The molecule has 1 fully saturated rings. The summed E-state index contributed by atoms with van der Waals surface area (Å²) >= 11 is 0. The Morgan fingerprint density at radius 1 is 1.03 bits per heavy atom. The van der Waals surface area contributed by atoms with E-state index in [9.17, 15) is 13.2 Å². The van der Waals surface area contributed by atoms with Crippen molar-refractivity contribution in [2.75, 3.05) is 45.7 Å². The van der Waals surface area contributed by atoms with Crippen molar-refractivity contribution < 1.29 is 13.2 Å². The van der Waals surface area contributed by atoms with Gasteiger partial charge in [0, 0.05) is 58.8 Å². The van der Waals surface area contributed by atoms with Gasteiger partial charge in [0.15, 0.2) is 0 Å². The molecule has 0 aromatic heterocycles. The molecule has 1 saturated heterocycles. The first-order valence-corrected chi connectivity index (χ1v) is 11.8. The maximum Gasteiger partial charge on any atom is 0.243 e. The Balaban J connectivity index is 2.13. The van der Waals surface area contributed by atoms with E-state index in [2.05, 4.69) is 0 Å². The molecule has 0 N–H and O–H groups in total. The van der Waals surface area contributed by atoms with Crippen LogP contribution >= 0.6 is 0 Å². The number of benzene rings is 2. The van der Waals surface area contributed by atoms with Crippen molar-refractivity contribution in [1.29, 1.82) is 0 Å². The monoisotopic (exact) mass is 429 g/mol. The highest BCUT2D eigenvalue weighted by Crippen LogP contribution is 2.37. The third-order valence-corrected chi connectivity index (χ3v) is 7.89. The average molecular weight is 430 g/mol. The zero-order valence-electron chi connectivity index (χ0n) is 18.4. The van der Waals surface area contributed by atoms with Crippen LogP contribution < -0.4 is 4.90 Å². The molecule has 2 aromatic carbocycles. The summed E-state index contributed by atoms with van der Waals surface area (Å²) in [6, 6.07) is 13.4. The van der Waals surface area contributed by atoms with Crippen LogP contribution in [0.25, 0.3) is 11.1 Å². The van der Waals surface area contributed by atoms with Crippen molar-refractivity contribution in [1.82, 2.24) is 9.21 Å². The molecule has 0 aliphatic carbocycles. The predicted octanol–water partition coefficient (Wildman–Crippen LogP) is 3.40. The number of sulfonamides is 1. The van der Waals surface area contributed by atoms with Gasteiger partial charge in [-0.15, -0.1) is 0 Å². The van der Waals surface area contributed by atoms with E-state index in [0.29, 0.717) is 31.0 Å². The fraction of sp³-hybridized carbons (Fsp3) is 0.435. The van der Waals surface area contributed by atoms with Gasteiger partial charge in [0.1, 0.15) is 0 Å². The van der Waals surface area contributed by atoms with E-state index in [4.69, 9.17) is 0 Å². The SMILES string of the molecule is CCN(CC)S(=O)(=O)c1ccc(C2CC(=O)N(C)C2)c(-c2ccc(N(C)C)cc2)c1. The third-order valence-electron chi connectivity index (χ3n) is 5.84. The summed E-state index contributed by atoms with van der Waals surface area (Å²) in [6.07, 6.45) is 0.446. The lowest BCUT2D eigenvalue weighted by atomic mass is 9.90.